The van der Waals surface area contributed by atoms with Crippen LogP contribution in [0, 0.1) is 10.1 Å². The van der Waals surface area contributed by atoms with Crippen LogP contribution in [0.1, 0.15) is 12.5 Å². The van der Waals surface area contributed by atoms with E-state index in [1.165, 1.54) is 12.1 Å². The summed E-state index contributed by atoms with van der Waals surface area (Å²) < 4.78 is 10.2. The number of nitrogens with one attached hydrogen (secondary N) is 1. The Morgan fingerprint density at radius 3 is 2.80 bits per heavy atom. The molecule has 110 valence electrons. The van der Waals surface area contributed by atoms with Crippen molar-refractivity contribution in [3.05, 3.63) is 39.9 Å². The van der Waals surface area contributed by atoms with E-state index in [0.717, 1.165) is 0 Å². The van der Waals surface area contributed by atoms with Crippen LogP contribution in [0.5, 0.6) is 0 Å². The summed E-state index contributed by atoms with van der Waals surface area (Å²) in [4.78, 5) is 21.6. The first-order valence-electron chi connectivity index (χ1n) is 6.29. The number of carbonyl (C=O) groups is 1. The average Bonchev–Trinajstić information content (AvgIpc) is 2.45. The van der Waals surface area contributed by atoms with E-state index in [1.807, 2.05) is 6.92 Å². The van der Waals surface area contributed by atoms with Crippen LogP contribution in [0.3, 0.4) is 0 Å². The molecule has 0 aliphatic rings. The van der Waals surface area contributed by atoms with Crippen LogP contribution in [-0.2, 0) is 20.8 Å². The maximum absolute atomic E-state index is 11.5. The Morgan fingerprint density at radius 2 is 2.10 bits per heavy atom. The Hall–Kier alpha value is -1.99. The Balaban J connectivity index is 2.27. The molecule has 0 radical (unpaired) electrons. The third-order valence-electron chi connectivity index (χ3n) is 2.42. The molecule has 1 N–H and O–H groups in total. The molecule has 1 rings (SSSR count). The van der Waals surface area contributed by atoms with Gasteiger partial charge in [0.2, 0.25) is 5.91 Å². The Morgan fingerprint density at radius 1 is 1.35 bits per heavy atom. The molecule has 1 aromatic carbocycles. The van der Waals surface area contributed by atoms with Gasteiger partial charge in [0.1, 0.15) is 6.61 Å². The highest BCUT2D eigenvalue weighted by atomic mass is 16.6. The molecule has 0 spiro atoms. The zero-order valence-corrected chi connectivity index (χ0v) is 11.3. The third-order valence-corrected chi connectivity index (χ3v) is 2.42. The van der Waals surface area contributed by atoms with Gasteiger partial charge >= 0.3 is 0 Å². The van der Waals surface area contributed by atoms with Crippen molar-refractivity contribution >= 4 is 11.6 Å². The number of non-ortho nitro benzene ring substituents is 1. The largest absolute Gasteiger partial charge is 0.379 e. The van der Waals surface area contributed by atoms with Crippen LogP contribution in [0.15, 0.2) is 24.3 Å². The summed E-state index contributed by atoms with van der Waals surface area (Å²) in [5.74, 6) is -0.270. The summed E-state index contributed by atoms with van der Waals surface area (Å²) in [6.07, 6.45) is 0. The van der Waals surface area contributed by atoms with Gasteiger partial charge in [-0.05, 0) is 12.5 Å². The van der Waals surface area contributed by atoms with E-state index in [0.29, 0.717) is 25.4 Å². The maximum atomic E-state index is 11.5. The lowest BCUT2D eigenvalue weighted by atomic mass is 10.2. The number of rotatable bonds is 9. The molecule has 0 heterocycles. The second-order valence-corrected chi connectivity index (χ2v) is 3.95. The molecule has 0 aromatic heterocycles. The highest BCUT2D eigenvalue weighted by Crippen LogP contribution is 2.12. The van der Waals surface area contributed by atoms with Crippen molar-refractivity contribution < 1.29 is 19.2 Å². The van der Waals surface area contributed by atoms with E-state index >= 15 is 0 Å². The summed E-state index contributed by atoms with van der Waals surface area (Å²) in [7, 11) is 0. The second-order valence-electron chi connectivity index (χ2n) is 3.95. The van der Waals surface area contributed by atoms with Gasteiger partial charge in [-0.15, -0.1) is 0 Å². The van der Waals surface area contributed by atoms with Crippen molar-refractivity contribution in [2.45, 2.75) is 13.5 Å². The predicted molar refractivity (Wildman–Crippen MR) is 72.3 cm³/mol. The maximum Gasteiger partial charge on any atom is 0.269 e. The average molecular weight is 282 g/mol. The van der Waals surface area contributed by atoms with Gasteiger partial charge < -0.3 is 14.8 Å². The normalized spacial score (nSPS) is 10.2. The van der Waals surface area contributed by atoms with Gasteiger partial charge in [-0.25, -0.2) is 0 Å². The van der Waals surface area contributed by atoms with Crippen molar-refractivity contribution in [2.24, 2.45) is 0 Å². The van der Waals surface area contributed by atoms with E-state index in [9.17, 15) is 14.9 Å². The van der Waals surface area contributed by atoms with Crippen LogP contribution in [0.2, 0.25) is 0 Å². The minimum Gasteiger partial charge on any atom is -0.379 e. The highest BCUT2D eigenvalue weighted by molar-refractivity contribution is 5.77. The number of carbonyl (C=O) groups excluding carboxylic acids is 1. The third kappa shape index (κ3) is 6.26. The van der Waals surface area contributed by atoms with Gasteiger partial charge in [0.05, 0.1) is 18.1 Å². The van der Waals surface area contributed by atoms with Gasteiger partial charge in [0.25, 0.3) is 5.69 Å². The molecule has 0 bridgehead atoms. The van der Waals surface area contributed by atoms with Crippen LogP contribution < -0.4 is 5.32 Å². The van der Waals surface area contributed by atoms with Gasteiger partial charge in [0, 0.05) is 25.3 Å². The van der Waals surface area contributed by atoms with Crippen LogP contribution >= 0.6 is 0 Å². The first-order valence-corrected chi connectivity index (χ1v) is 6.29. The van der Waals surface area contributed by atoms with Crippen LogP contribution in [0.4, 0.5) is 5.69 Å². The Labute approximate surface area is 117 Å². The molecule has 1 aromatic rings. The van der Waals surface area contributed by atoms with Crippen molar-refractivity contribution in [2.75, 3.05) is 26.4 Å². The SMILES string of the molecule is CCOCCOCC(=O)NCc1cccc([N+](=O)[O-])c1. The van der Waals surface area contributed by atoms with Gasteiger partial charge in [-0.2, -0.15) is 0 Å². The molecule has 0 fully saturated rings. The topological polar surface area (TPSA) is 90.7 Å². The van der Waals surface area contributed by atoms with E-state index in [2.05, 4.69) is 5.32 Å². The molecule has 0 saturated heterocycles. The summed E-state index contributed by atoms with van der Waals surface area (Å²) in [6, 6.07) is 6.12. The summed E-state index contributed by atoms with van der Waals surface area (Å²) >= 11 is 0. The molecule has 0 atom stereocenters. The number of ether oxygens (including phenoxy) is 2. The lowest BCUT2D eigenvalue weighted by Crippen LogP contribution is -2.27. The molecule has 7 nitrogen and oxygen atoms in total. The van der Waals surface area contributed by atoms with Crippen molar-refractivity contribution in [1.29, 1.82) is 0 Å². The number of amides is 1. The van der Waals surface area contributed by atoms with Gasteiger partial charge in [-0.1, -0.05) is 12.1 Å². The minimum absolute atomic E-state index is 0.00436. The van der Waals surface area contributed by atoms with E-state index < -0.39 is 4.92 Å². The molecular weight excluding hydrogens is 264 g/mol. The molecule has 7 heteroatoms. The number of nitro benzene ring substituents is 1. The van der Waals surface area contributed by atoms with Gasteiger partial charge in [0.15, 0.2) is 0 Å². The first-order chi connectivity index (χ1) is 9.63. The first kappa shape index (κ1) is 16.1. The van der Waals surface area contributed by atoms with Crippen molar-refractivity contribution in [1.82, 2.24) is 5.32 Å². The molecule has 20 heavy (non-hydrogen) atoms. The van der Waals surface area contributed by atoms with Crippen molar-refractivity contribution in [3.8, 4) is 0 Å². The van der Waals surface area contributed by atoms with Crippen LogP contribution in [0.25, 0.3) is 0 Å². The fraction of sp³-hybridized carbons (Fsp3) is 0.462. The smallest absolute Gasteiger partial charge is 0.269 e. The molecule has 0 unspecified atom stereocenters. The second kappa shape index (κ2) is 9.00. The number of hydrogen-bond acceptors (Lipinski definition) is 5. The van der Waals surface area contributed by atoms with E-state index in [-0.39, 0.29) is 24.7 Å². The number of benzene rings is 1. The Kier molecular flexibility index (Phi) is 7.23. The summed E-state index contributed by atoms with van der Waals surface area (Å²) in [5, 5.41) is 13.2. The number of nitro groups is 1. The quantitative estimate of drug-likeness (QED) is 0.418. The molecular formula is C13H18N2O5. The molecule has 1 amide bonds. The van der Waals surface area contributed by atoms with E-state index in [4.69, 9.17) is 9.47 Å². The molecule has 0 aliphatic heterocycles. The highest BCUT2D eigenvalue weighted by Gasteiger charge is 2.06. The Bertz CT molecular complexity index is 450. The lowest BCUT2D eigenvalue weighted by Gasteiger charge is -2.06. The zero-order valence-electron chi connectivity index (χ0n) is 11.3. The van der Waals surface area contributed by atoms with Gasteiger partial charge in [-0.3, -0.25) is 14.9 Å². The summed E-state index contributed by atoms with van der Waals surface area (Å²) in [5.41, 5.74) is 0.673. The molecule has 0 aliphatic carbocycles. The summed E-state index contributed by atoms with van der Waals surface area (Å²) in [6.45, 7) is 3.48. The zero-order chi connectivity index (χ0) is 14.8. The minimum atomic E-state index is -0.470. The van der Waals surface area contributed by atoms with E-state index in [1.54, 1.807) is 12.1 Å². The fourth-order valence-electron chi connectivity index (χ4n) is 1.46. The standard InChI is InChI=1S/C13H18N2O5/c1-2-19-6-7-20-10-13(16)14-9-11-4-3-5-12(8-11)15(17)18/h3-5,8H,2,6-7,9-10H2,1H3,(H,14,16). The van der Waals surface area contributed by atoms with Crippen molar-refractivity contribution in [3.63, 3.8) is 0 Å². The number of nitrogens with zero attached hydrogens (tertiary/aromatic N) is 1. The number of hydrogen-bond donors (Lipinski definition) is 1. The predicted octanol–water partition coefficient (Wildman–Crippen LogP) is 1.26. The molecule has 0 saturated carbocycles. The lowest BCUT2D eigenvalue weighted by molar-refractivity contribution is -0.384. The monoisotopic (exact) mass is 282 g/mol. The fourth-order valence-corrected chi connectivity index (χ4v) is 1.46. The van der Waals surface area contributed by atoms with Crippen LogP contribution in [-0.4, -0.2) is 37.3 Å².